The van der Waals surface area contributed by atoms with Gasteiger partial charge in [0.05, 0.1) is 11.3 Å². The number of amides is 1. The number of halogens is 6. The average Bonchev–Trinajstić information content (AvgIpc) is 2.80. The van der Waals surface area contributed by atoms with E-state index in [1.807, 2.05) is 72.8 Å². The van der Waals surface area contributed by atoms with E-state index in [9.17, 15) is 35.9 Å². The van der Waals surface area contributed by atoms with Crippen LogP contribution in [0.3, 0.4) is 0 Å². The van der Waals surface area contributed by atoms with Crippen LogP contribution in [0.5, 0.6) is 0 Å². The second-order valence-electron chi connectivity index (χ2n) is 12.4. The molecule has 1 N–H and O–H groups in total. The Morgan fingerprint density at radius 1 is 0.829 bits per heavy atom. The fourth-order valence-corrected chi connectivity index (χ4v) is 5.68. The summed E-state index contributed by atoms with van der Waals surface area (Å²) in [5.41, 5.74) is -3.53. The van der Waals surface area contributed by atoms with E-state index in [-0.39, 0.29) is 30.4 Å². The summed E-state index contributed by atoms with van der Waals surface area (Å²) in [4.78, 5) is 37.0. The highest BCUT2D eigenvalue weighted by atomic mass is 19.4. The standard InChI is InChI=1S/C19H28B8F6N6O2/c20-16(21)18(24,25)39(13-34-6-8(7-35-13)14(28,29)30)19(26,27)17(22,23)38(16)11(40)4-2-1-3-9-5-10(15(31,32)33)12(41)37-36-9/h5-7H,1-4,20-27H2,(H,37,41). The highest BCUT2D eigenvalue weighted by Gasteiger charge is 2.63. The van der Waals surface area contributed by atoms with Gasteiger partial charge in [0.15, 0.2) is 0 Å². The van der Waals surface area contributed by atoms with Crippen LogP contribution in [0.4, 0.5) is 32.3 Å². The summed E-state index contributed by atoms with van der Waals surface area (Å²) in [7, 11) is 15.0. The lowest BCUT2D eigenvalue weighted by atomic mass is 9.26. The van der Waals surface area contributed by atoms with Gasteiger partial charge in [0.25, 0.3) is 5.56 Å². The molecule has 2 aromatic rings. The highest BCUT2D eigenvalue weighted by Crippen LogP contribution is 2.44. The number of hydrogen-bond acceptors (Lipinski definition) is 6. The van der Waals surface area contributed by atoms with Crippen molar-refractivity contribution >= 4 is 74.6 Å². The molecule has 1 aliphatic heterocycles. The molecule has 0 bridgehead atoms. The normalized spacial score (nSPS) is 19.6. The van der Waals surface area contributed by atoms with E-state index >= 15 is 0 Å². The number of alkyl halides is 6. The van der Waals surface area contributed by atoms with E-state index in [1.165, 1.54) is 0 Å². The first-order chi connectivity index (χ1) is 18.5. The summed E-state index contributed by atoms with van der Waals surface area (Å²) in [6.07, 6.45) is -6.93. The quantitative estimate of drug-likeness (QED) is 0.211. The summed E-state index contributed by atoms with van der Waals surface area (Å²) in [6, 6.07) is 0.723. The second-order valence-corrected chi connectivity index (χ2v) is 12.4. The Labute approximate surface area is 240 Å². The minimum atomic E-state index is -4.80. The average molecular weight is 573 g/mol. The number of aromatic nitrogens is 4. The predicted molar refractivity (Wildman–Crippen MR) is 163 cm³/mol. The molecule has 22 heteroatoms. The number of carbonyl (C=O) groups excluding carboxylic acids is 1. The van der Waals surface area contributed by atoms with Gasteiger partial charge in [-0.2, -0.15) is 31.4 Å². The minimum absolute atomic E-state index is 0.0671. The third kappa shape index (κ3) is 5.84. The molecule has 1 fully saturated rings. The monoisotopic (exact) mass is 574 g/mol. The lowest BCUT2D eigenvalue weighted by molar-refractivity contribution is -0.139. The van der Waals surface area contributed by atoms with Crippen molar-refractivity contribution in [3.63, 3.8) is 0 Å². The molecule has 0 atom stereocenters. The van der Waals surface area contributed by atoms with Crippen molar-refractivity contribution in [2.75, 3.05) is 4.90 Å². The van der Waals surface area contributed by atoms with Gasteiger partial charge in [-0.1, -0.05) is 0 Å². The molecule has 3 rings (SSSR count). The summed E-state index contributed by atoms with van der Waals surface area (Å²) in [6.45, 7) is 0. The highest BCUT2D eigenvalue weighted by molar-refractivity contribution is 6.62. The number of aryl methyl sites for hydroxylation is 1. The van der Waals surface area contributed by atoms with Crippen LogP contribution in [0.1, 0.15) is 36.1 Å². The molecule has 0 unspecified atom stereocenters. The van der Waals surface area contributed by atoms with Crippen molar-refractivity contribution in [1.82, 2.24) is 25.1 Å². The molecule has 1 amide bonds. The Morgan fingerprint density at radius 2 is 1.34 bits per heavy atom. The third-order valence-electron chi connectivity index (χ3n) is 8.88. The predicted octanol–water partition coefficient (Wildman–Crippen LogP) is -5.66. The van der Waals surface area contributed by atoms with Gasteiger partial charge in [0.1, 0.15) is 68.3 Å². The fourth-order valence-electron chi connectivity index (χ4n) is 5.68. The molecule has 8 nitrogen and oxygen atoms in total. The van der Waals surface area contributed by atoms with E-state index in [0.29, 0.717) is 12.8 Å². The Balaban J connectivity index is 1.83. The Hall–Kier alpha value is -2.67. The van der Waals surface area contributed by atoms with Gasteiger partial charge in [-0.05, 0) is 46.7 Å². The van der Waals surface area contributed by atoms with E-state index in [4.69, 9.17) is 0 Å². The number of H-pyrrole nitrogens is 1. The molecular weight excluding hydrogens is 545 g/mol. The molecule has 2 aromatic heterocycles. The maximum Gasteiger partial charge on any atom is 0.421 e. The van der Waals surface area contributed by atoms with Crippen LogP contribution >= 0.6 is 0 Å². The van der Waals surface area contributed by atoms with Crippen LogP contribution < -0.4 is 10.5 Å². The van der Waals surface area contributed by atoms with Crippen LogP contribution in [-0.4, -0.2) is 115 Å². The van der Waals surface area contributed by atoms with Crippen molar-refractivity contribution < 1.29 is 31.1 Å². The van der Waals surface area contributed by atoms with Gasteiger partial charge in [0.2, 0.25) is 11.9 Å². The first-order valence-electron chi connectivity index (χ1n) is 13.2. The van der Waals surface area contributed by atoms with Crippen LogP contribution in [-0.2, 0) is 23.6 Å². The van der Waals surface area contributed by atoms with E-state index in [0.717, 1.165) is 18.5 Å². The lowest BCUT2D eigenvalue weighted by Gasteiger charge is -2.74. The molecule has 212 valence electrons. The topological polar surface area (TPSA) is 95.1 Å². The minimum Gasteiger partial charge on any atom is -0.362 e. The van der Waals surface area contributed by atoms with Crippen molar-refractivity contribution in [1.29, 1.82) is 0 Å². The number of piperazine rings is 1. The SMILES string of the molecule is BC1(B)N(C(=O)CCCCc2cc(C(F)(F)F)c(=O)[nH]n2)C(B)(B)C(B)(B)N(c2ncc(C(F)(F)F)cn2)C1(B)B. The third-order valence-corrected chi connectivity index (χ3v) is 8.88. The zero-order valence-corrected chi connectivity index (χ0v) is 24.4. The van der Waals surface area contributed by atoms with Gasteiger partial charge in [-0.3, -0.25) is 9.59 Å². The first-order valence-corrected chi connectivity index (χ1v) is 13.2. The molecular formula is C19H28B8F6N6O2. The number of nitrogens with one attached hydrogen (secondary N) is 1. The summed E-state index contributed by atoms with van der Waals surface area (Å²) >= 11 is 0. The summed E-state index contributed by atoms with van der Waals surface area (Å²) < 4.78 is 78.6. The van der Waals surface area contributed by atoms with Gasteiger partial charge in [-0.15, -0.1) is 0 Å². The van der Waals surface area contributed by atoms with Crippen molar-refractivity contribution in [3.05, 3.63) is 45.6 Å². The number of aromatic amines is 1. The zero-order chi connectivity index (χ0) is 31.4. The Morgan fingerprint density at radius 3 is 1.80 bits per heavy atom. The summed E-state index contributed by atoms with van der Waals surface area (Å²) in [5, 5.41) is 2.13. The van der Waals surface area contributed by atoms with Gasteiger partial charge >= 0.3 is 12.4 Å². The maximum absolute atomic E-state index is 13.8. The largest absolute Gasteiger partial charge is 0.421 e. The lowest BCUT2D eigenvalue weighted by Crippen LogP contribution is -2.93. The Bertz CT molecular complexity index is 1330. The molecule has 41 heavy (non-hydrogen) atoms. The molecule has 1 aliphatic rings. The molecule has 0 spiro atoms. The van der Waals surface area contributed by atoms with Gasteiger partial charge < -0.3 is 9.80 Å². The second kappa shape index (κ2) is 10.6. The molecule has 0 aliphatic carbocycles. The van der Waals surface area contributed by atoms with E-state index in [2.05, 4.69) is 15.1 Å². The zero-order valence-electron chi connectivity index (χ0n) is 24.4. The molecule has 0 radical (unpaired) electrons. The van der Waals surface area contributed by atoms with Crippen molar-refractivity contribution in [2.24, 2.45) is 0 Å². The maximum atomic E-state index is 13.8. The van der Waals surface area contributed by atoms with Gasteiger partial charge in [-0.25, -0.2) is 15.1 Å². The summed E-state index contributed by atoms with van der Waals surface area (Å²) in [5.74, 6) is -0.0765. The van der Waals surface area contributed by atoms with E-state index in [1.54, 1.807) is 4.90 Å². The first kappa shape index (κ1) is 32.8. The van der Waals surface area contributed by atoms with Gasteiger partial charge in [0, 0.05) is 18.8 Å². The molecule has 0 saturated carbocycles. The fraction of sp³-hybridized carbons (Fsp3) is 0.526. The van der Waals surface area contributed by atoms with E-state index < -0.39 is 50.4 Å². The van der Waals surface area contributed by atoms with Crippen molar-refractivity contribution in [2.45, 2.75) is 59.4 Å². The number of anilines is 1. The van der Waals surface area contributed by atoms with Crippen LogP contribution in [0.25, 0.3) is 0 Å². The number of hydrogen-bond donors (Lipinski definition) is 1. The van der Waals surface area contributed by atoms with Crippen LogP contribution in [0, 0.1) is 0 Å². The molecule has 1 saturated heterocycles. The molecule has 3 heterocycles. The molecule has 0 aromatic carbocycles. The number of unbranched alkanes of at least 4 members (excludes halogenated alkanes) is 1. The van der Waals surface area contributed by atoms with Crippen molar-refractivity contribution in [3.8, 4) is 0 Å². The number of rotatable bonds is 6. The van der Waals surface area contributed by atoms with Crippen LogP contribution in [0.2, 0.25) is 0 Å². The smallest absolute Gasteiger partial charge is 0.362 e. The number of carbonyl (C=O) groups is 1. The Kier molecular flexibility index (Phi) is 8.45. The van der Waals surface area contributed by atoms with Crippen LogP contribution in [0.15, 0.2) is 23.3 Å². The number of nitrogens with zero attached hydrogens (tertiary/aromatic N) is 5.